The third kappa shape index (κ3) is 7.35. The molecule has 3 rings (SSSR count). The van der Waals surface area contributed by atoms with Crippen LogP contribution < -0.4 is 10.2 Å². The molecule has 0 atom stereocenters. The molecule has 2 aromatic rings. The molecule has 0 radical (unpaired) electrons. The second-order valence-corrected chi connectivity index (χ2v) is 8.67. The number of hydrogen-bond acceptors (Lipinski definition) is 7. The molecule has 1 aromatic heterocycles. The van der Waals surface area contributed by atoms with Crippen LogP contribution in [0.25, 0.3) is 0 Å². The van der Waals surface area contributed by atoms with Crippen LogP contribution in [-0.2, 0) is 10.5 Å². The van der Waals surface area contributed by atoms with Crippen molar-refractivity contribution < 1.29 is 9.53 Å². The second kappa shape index (κ2) is 12.2. The molecular formula is C22H30ClN5O2S. The van der Waals surface area contributed by atoms with Crippen LogP contribution in [0.15, 0.2) is 35.5 Å². The zero-order valence-electron chi connectivity index (χ0n) is 18.1. The second-order valence-electron chi connectivity index (χ2n) is 7.34. The summed E-state index contributed by atoms with van der Waals surface area (Å²) in [4.78, 5) is 26.0. The lowest BCUT2D eigenvalue weighted by Gasteiger charge is -2.34. The molecule has 0 bridgehead atoms. The van der Waals surface area contributed by atoms with Gasteiger partial charge in [-0.25, -0.2) is 9.97 Å². The lowest BCUT2D eigenvalue weighted by molar-refractivity contribution is 0.0948. The highest BCUT2D eigenvalue weighted by Crippen LogP contribution is 2.25. The van der Waals surface area contributed by atoms with E-state index >= 15 is 0 Å². The van der Waals surface area contributed by atoms with E-state index in [4.69, 9.17) is 21.3 Å². The lowest BCUT2D eigenvalue weighted by Crippen LogP contribution is -2.46. The Labute approximate surface area is 193 Å². The fourth-order valence-electron chi connectivity index (χ4n) is 3.33. The van der Waals surface area contributed by atoms with E-state index in [1.165, 1.54) is 0 Å². The van der Waals surface area contributed by atoms with Gasteiger partial charge < -0.3 is 19.9 Å². The van der Waals surface area contributed by atoms with Crippen molar-refractivity contribution in [3.8, 4) is 0 Å². The van der Waals surface area contributed by atoms with Gasteiger partial charge in [0.25, 0.3) is 5.91 Å². The molecule has 1 N–H and O–H groups in total. The number of ether oxygens (including phenoxy) is 1. The molecule has 1 aliphatic rings. The van der Waals surface area contributed by atoms with Gasteiger partial charge in [-0.3, -0.25) is 4.79 Å². The number of hydrogen-bond donors (Lipinski definition) is 1. The summed E-state index contributed by atoms with van der Waals surface area (Å²) < 4.78 is 4.99. The molecule has 0 unspecified atom stereocenters. The predicted octanol–water partition coefficient (Wildman–Crippen LogP) is 3.33. The molecular weight excluding hydrogens is 434 g/mol. The van der Waals surface area contributed by atoms with E-state index in [9.17, 15) is 4.79 Å². The average molecular weight is 464 g/mol. The van der Waals surface area contributed by atoms with Gasteiger partial charge in [0.05, 0.1) is 0 Å². The van der Waals surface area contributed by atoms with Crippen LogP contribution in [0.3, 0.4) is 0 Å². The molecule has 7 nitrogen and oxygen atoms in total. The van der Waals surface area contributed by atoms with Crippen LogP contribution in [0, 0.1) is 0 Å². The van der Waals surface area contributed by atoms with Crippen molar-refractivity contribution in [1.29, 1.82) is 0 Å². The Morgan fingerprint density at radius 1 is 1.19 bits per heavy atom. The Kier molecular flexibility index (Phi) is 9.39. The van der Waals surface area contributed by atoms with Crippen molar-refractivity contribution in [3.63, 3.8) is 0 Å². The van der Waals surface area contributed by atoms with Crippen molar-refractivity contribution in [2.45, 2.75) is 24.3 Å². The topological polar surface area (TPSA) is 70.6 Å². The van der Waals surface area contributed by atoms with E-state index in [1.54, 1.807) is 18.9 Å². The number of nitrogens with zero attached hydrogens (tertiary/aromatic N) is 4. The minimum Gasteiger partial charge on any atom is -0.385 e. The minimum atomic E-state index is -0.0682. The van der Waals surface area contributed by atoms with E-state index in [0.29, 0.717) is 34.8 Å². The smallest absolute Gasteiger partial charge is 0.251 e. The number of likely N-dealkylation sites (N-methyl/N-ethyl adjacent to an activating group) is 1. The Bertz CT molecular complexity index is 844. The summed E-state index contributed by atoms with van der Waals surface area (Å²) in [7, 11) is 1.65. The molecule has 0 saturated carbocycles. The van der Waals surface area contributed by atoms with Crippen LogP contribution in [0.2, 0.25) is 5.15 Å². The summed E-state index contributed by atoms with van der Waals surface area (Å²) >= 11 is 7.82. The first-order valence-corrected chi connectivity index (χ1v) is 12.0. The zero-order chi connectivity index (χ0) is 22.1. The first-order chi connectivity index (χ1) is 15.1. The third-order valence-corrected chi connectivity index (χ3v) is 6.31. The summed E-state index contributed by atoms with van der Waals surface area (Å²) in [5.74, 6) is 1.53. The Balaban J connectivity index is 1.54. The van der Waals surface area contributed by atoms with Crippen molar-refractivity contribution >= 4 is 35.1 Å². The molecule has 2 heterocycles. The lowest BCUT2D eigenvalue weighted by atomic mass is 10.1. The molecule has 0 spiro atoms. The van der Waals surface area contributed by atoms with Crippen molar-refractivity contribution in [1.82, 2.24) is 20.2 Å². The number of rotatable bonds is 10. The zero-order valence-corrected chi connectivity index (χ0v) is 19.7. The molecule has 1 fully saturated rings. The first kappa shape index (κ1) is 23.8. The van der Waals surface area contributed by atoms with Gasteiger partial charge in [-0.05, 0) is 30.7 Å². The monoisotopic (exact) mass is 463 g/mol. The number of amides is 1. The van der Waals surface area contributed by atoms with Gasteiger partial charge in [0, 0.05) is 63.8 Å². The van der Waals surface area contributed by atoms with Crippen LogP contribution in [0.1, 0.15) is 29.3 Å². The number of benzene rings is 1. The number of anilines is 1. The summed E-state index contributed by atoms with van der Waals surface area (Å²) in [6.45, 7) is 8.47. The van der Waals surface area contributed by atoms with E-state index in [0.717, 1.165) is 50.5 Å². The van der Waals surface area contributed by atoms with Gasteiger partial charge in [0.2, 0.25) is 0 Å². The number of piperazine rings is 1. The molecule has 1 saturated heterocycles. The van der Waals surface area contributed by atoms with Crippen molar-refractivity contribution in [2.24, 2.45) is 0 Å². The summed E-state index contributed by atoms with van der Waals surface area (Å²) in [5, 5.41) is 4.03. The number of halogens is 1. The fourth-order valence-corrected chi connectivity index (χ4v) is 4.36. The summed E-state index contributed by atoms with van der Waals surface area (Å²) in [6, 6.07) is 9.46. The largest absolute Gasteiger partial charge is 0.385 e. The van der Waals surface area contributed by atoms with Crippen molar-refractivity contribution in [2.75, 3.05) is 57.9 Å². The molecule has 31 heavy (non-hydrogen) atoms. The number of methoxy groups -OCH3 is 1. The van der Waals surface area contributed by atoms with E-state index in [-0.39, 0.29) is 5.91 Å². The van der Waals surface area contributed by atoms with Gasteiger partial charge in [-0.15, -0.1) is 0 Å². The number of nitrogens with one attached hydrogen (secondary N) is 1. The minimum absolute atomic E-state index is 0.0682. The number of aromatic nitrogens is 2. The van der Waals surface area contributed by atoms with E-state index < -0.39 is 0 Å². The van der Waals surface area contributed by atoms with Crippen LogP contribution in [0.5, 0.6) is 0 Å². The Morgan fingerprint density at radius 3 is 2.61 bits per heavy atom. The maximum absolute atomic E-state index is 12.2. The third-order valence-electron chi connectivity index (χ3n) is 5.20. The molecule has 1 aliphatic heterocycles. The van der Waals surface area contributed by atoms with Gasteiger partial charge in [-0.1, -0.05) is 42.4 Å². The average Bonchev–Trinajstić information content (AvgIpc) is 2.80. The Hall–Kier alpha value is -1.87. The number of carbonyl (C=O) groups is 1. The van der Waals surface area contributed by atoms with Crippen LogP contribution >= 0.6 is 23.4 Å². The highest BCUT2D eigenvalue weighted by molar-refractivity contribution is 7.98. The SMILES string of the molecule is CCN1CCN(c2cc(Cl)nc(SCc3ccc(C(=O)NCCCOC)cc3)n2)CC1. The Morgan fingerprint density at radius 2 is 1.94 bits per heavy atom. The molecule has 168 valence electrons. The molecule has 0 aliphatic carbocycles. The molecule has 9 heteroatoms. The van der Waals surface area contributed by atoms with Crippen molar-refractivity contribution in [3.05, 3.63) is 46.6 Å². The van der Waals surface area contributed by atoms with Gasteiger partial charge in [0.1, 0.15) is 11.0 Å². The van der Waals surface area contributed by atoms with Gasteiger partial charge >= 0.3 is 0 Å². The fraction of sp³-hybridized carbons (Fsp3) is 0.500. The summed E-state index contributed by atoms with van der Waals surface area (Å²) in [6.07, 6.45) is 0.798. The van der Waals surface area contributed by atoms with Crippen LogP contribution in [0.4, 0.5) is 5.82 Å². The number of thioether (sulfide) groups is 1. The quantitative estimate of drug-likeness (QED) is 0.251. The van der Waals surface area contributed by atoms with Gasteiger partial charge in [0.15, 0.2) is 5.16 Å². The highest BCUT2D eigenvalue weighted by atomic mass is 35.5. The first-order valence-electron chi connectivity index (χ1n) is 10.6. The molecule has 1 aromatic carbocycles. The normalized spacial score (nSPS) is 14.6. The van der Waals surface area contributed by atoms with E-state index in [2.05, 4.69) is 27.0 Å². The van der Waals surface area contributed by atoms with E-state index in [1.807, 2.05) is 30.3 Å². The maximum atomic E-state index is 12.2. The predicted molar refractivity (Wildman–Crippen MR) is 126 cm³/mol. The number of carbonyl (C=O) groups excluding carboxylic acids is 1. The highest BCUT2D eigenvalue weighted by Gasteiger charge is 2.18. The van der Waals surface area contributed by atoms with Gasteiger partial charge in [-0.2, -0.15) is 0 Å². The standard InChI is InChI=1S/C22H30ClN5O2S/c1-3-27-10-12-28(13-11-27)20-15-19(23)25-22(26-20)31-16-17-5-7-18(8-6-17)21(29)24-9-4-14-30-2/h5-8,15H,3-4,9-14,16H2,1-2H3,(H,24,29). The summed E-state index contributed by atoms with van der Waals surface area (Å²) in [5.41, 5.74) is 1.75. The molecule has 1 amide bonds. The van der Waals surface area contributed by atoms with Crippen LogP contribution in [-0.4, -0.2) is 73.8 Å². The maximum Gasteiger partial charge on any atom is 0.251 e.